The van der Waals surface area contributed by atoms with E-state index in [1.165, 1.54) is 0 Å². The Hall–Kier alpha value is -2.62. The van der Waals surface area contributed by atoms with E-state index in [0.29, 0.717) is 36.2 Å². The van der Waals surface area contributed by atoms with Crippen molar-refractivity contribution in [3.05, 3.63) is 51.5 Å². The summed E-state index contributed by atoms with van der Waals surface area (Å²) in [6.07, 6.45) is -4.44. The topological polar surface area (TPSA) is 75.6 Å². The van der Waals surface area contributed by atoms with E-state index >= 15 is 0 Å². The maximum absolute atomic E-state index is 12.6. The van der Waals surface area contributed by atoms with Crippen LogP contribution in [0.1, 0.15) is 40.5 Å². The second-order valence-corrected chi connectivity index (χ2v) is 6.53. The molecule has 0 aliphatic heterocycles. The molecule has 10 heteroatoms. The van der Waals surface area contributed by atoms with Crippen molar-refractivity contribution in [1.29, 1.82) is 0 Å². The van der Waals surface area contributed by atoms with Crippen LogP contribution in [-0.4, -0.2) is 30.1 Å². The van der Waals surface area contributed by atoms with Crippen molar-refractivity contribution in [2.24, 2.45) is 4.99 Å². The van der Waals surface area contributed by atoms with E-state index in [4.69, 9.17) is 4.74 Å². The Kier molecular flexibility index (Phi) is 7.80. The molecule has 0 aliphatic rings. The number of aliphatic imine (C=N–C) groups is 1. The van der Waals surface area contributed by atoms with Crippen LogP contribution in [0.4, 0.5) is 13.2 Å². The summed E-state index contributed by atoms with van der Waals surface area (Å²) in [6, 6.07) is 6.88. The highest BCUT2D eigenvalue weighted by atomic mass is 32.1. The highest BCUT2D eigenvalue weighted by Crippen LogP contribution is 2.29. The number of nitrogens with zero attached hydrogens (tertiary/aromatic N) is 2. The van der Waals surface area contributed by atoms with Gasteiger partial charge in [-0.1, -0.05) is 12.1 Å². The third kappa shape index (κ3) is 6.52. The number of carbonyl (C=O) groups is 1. The Morgan fingerprint density at radius 1 is 1.21 bits per heavy atom. The maximum Gasteiger partial charge on any atom is 0.434 e. The number of aromatic nitrogens is 1. The number of esters is 1. The molecule has 2 N–H and O–H groups in total. The average Bonchev–Trinajstić information content (AvgIpc) is 3.14. The molecule has 2 aromatic rings. The number of hydrogen-bond donors (Lipinski definition) is 2. The van der Waals surface area contributed by atoms with Crippen molar-refractivity contribution >= 4 is 23.3 Å². The zero-order chi connectivity index (χ0) is 20.6. The Bertz CT molecular complexity index is 804. The molecule has 0 fully saturated rings. The van der Waals surface area contributed by atoms with E-state index < -0.39 is 11.9 Å². The lowest BCUT2D eigenvalue weighted by Crippen LogP contribution is -2.36. The van der Waals surface area contributed by atoms with Gasteiger partial charge in [0.05, 0.1) is 25.3 Å². The number of rotatable bonds is 7. The Morgan fingerprint density at radius 2 is 1.93 bits per heavy atom. The van der Waals surface area contributed by atoms with Gasteiger partial charge in [0.1, 0.15) is 5.01 Å². The molecular weight excluding hydrogens is 393 g/mol. The minimum atomic E-state index is -4.44. The van der Waals surface area contributed by atoms with Crippen LogP contribution in [0.25, 0.3) is 0 Å². The largest absolute Gasteiger partial charge is 0.462 e. The number of thiazole rings is 1. The van der Waals surface area contributed by atoms with Crippen LogP contribution >= 0.6 is 11.3 Å². The molecule has 6 nitrogen and oxygen atoms in total. The number of benzene rings is 1. The van der Waals surface area contributed by atoms with Crippen LogP contribution in [0.3, 0.4) is 0 Å². The molecule has 1 aromatic carbocycles. The summed E-state index contributed by atoms with van der Waals surface area (Å²) in [5.41, 5.74) is 0.445. The molecule has 0 amide bonds. The molecule has 0 unspecified atom stereocenters. The van der Waals surface area contributed by atoms with Gasteiger partial charge in [0, 0.05) is 11.9 Å². The number of guanidine groups is 1. The highest BCUT2D eigenvalue weighted by molar-refractivity contribution is 7.09. The monoisotopic (exact) mass is 414 g/mol. The number of nitrogens with one attached hydrogen (secondary N) is 2. The number of carbonyl (C=O) groups excluding carboxylic acids is 1. The minimum absolute atomic E-state index is 0.133. The van der Waals surface area contributed by atoms with Crippen LogP contribution in [-0.2, 0) is 24.0 Å². The van der Waals surface area contributed by atoms with Crippen LogP contribution in [0.2, 0.25) is 0 Å². The van der Waals surface area contributed by atoms with Crippen molar-refractivity contribution in [2.75, 3.05) is 13.2 Å². The molecule has 0 atom stereocenters. The van der Waals surface area contributed by atoms with Crippen molar-refractivity contribution in [3.63, 3.8) is 0 Å². The van der Waals surface area contributed by atoms with Gasteiger partial charge >= 0.3 is 12.1 Å². The fourth-order valence-corrected chi connectivity index (χ4v) is 2.89. The van der Waals surface area contributed by atoms with E-state index in [0.717, 1.165) is 22.3 Å². The molecule has 152 valence electrons. The predicted octanol–water partition coefficient (Wildman–Crippen LogP) is 3.59. The summed E-state index contributed by atoms with van der Waals surface area (Å²) in [4.78, 5) is 19.6. The second kappa shape index (κ2) is 10.1. The second-order valence-electron chi connectivity index (χ2n) is 5.59. The van der Waals surface area contributed by atoms with Gasteiger partial charge in [0.25, 0.3) is 0 Å². The molecular formula is C18H21F3N4O2S. The zero-order valence-corrected chi connectivity index (χ0v) is 16.3. The standard InChI is InChI=1S/C18H21F3N4O2S/c1-3-22-17(24-10-15-25-14(11-28-15)18(19,20)21)23-9-12-5-7-13(8-6-12)16(26)27-4-2/h5-8,11H,3-4,9-10H2,1-2H3,(H2,22,23,24). The molecule has 0 radical (unpaired) electrons. The minimum Gasteiger partial charge on any atom is -0.462 e. The van der Waals surface area contributed by atoms with Crippen LogP contribution in [0.5, 0.6) is 0 Å². The van der Waals surface area contributed by atoms with Gasteiger partial charge in [-0.05, 0) is 31.5 Å². The summed E-state index contributed by atoms with van der Waals surface area (Å²) in [6.45, 7) is 5.01. The summed E-state index contributed by atoms with van der Waals surface area (Å²) in [7, 11) is 0. The number of hydrogen-bond acceptors (Lipinski definition) is 5. The van der Waals surface area contributed by atoms with Crippen molar-refractivity contribution < 1.29 is 22.7 Å². The smallest absolute Gasteiger partial charge is 0.434 e. The zero-order valence-electron chi connectivity index (χ0n) is 15.5. The number of ether oxygens (including phenoxy) is 1. The molecule has 2 rings (SSSR count). The summed E-state index contributed by atoms with van der Waals surface area (Å²) < 4.78 is 42.8. The Morgan fingerprint density at radius 3 is 2.50 bits per heavy atom. The molecule has 0 spiro atoms. The first-order chi connectivity index (χ1) is 13.3. The molecule has 0 aliphatic carbocycles. The van der Waals surface area contributed by atoms with Gasteiger partial charge in [-0.25, -0.2) is 14.8 Å². The van der Waals surface area contributed by atoms with Crippen LogP contribution in [0.15, 0.2) is 34.6 Å². The number of halogens is 3. The quantitative estimate of drug-likeness (QED) is 0.411. The first-order valence-electron chi connectivity index (χ1n) is 8.63. The van der Waals surface area contributed by atoms with Crippen LogP contribution in [0, 0.1) is 0 Å². The van der Waals surface area contributed by atoms with Gasteiger partial charge in [0.15, 0.2) is 11.7 Å². The maximum atomic E-state index is 12.6. The van der Waals surface area contributed by atoms with Gasteiger partial charge in [0.2, 0.25) is 0 Å². The van der Waals surface area contributed by atoms with E-state index in [2.05, 4.69) is 20.6 Å². The summed E-state index contributed by atoms with van der Waals surface area (Å²) >= 11 is 0.939. The van der Waals surface area contributed by atoms with Crippen molar-refractivity contribution in [2.45, 2.75) is 33.1 Å². The van der Waals surface area contributed by atoms with E-state index in [1.54, 1.807) is 31.2 Å². The van der Waals surface area contributed by atoms with Gasteiger partial charge < -0.3 is 15.4 Å². The van der Waals surface area contributed by atoms with Gasteiger partial charge in [-0.3, -0.25) is 0 Å². The first-order valence-corrected chi connectivity index (χ1v) is 9.51. The lowest BCUT2D eigenvalue weighted by molar-refractivity contribution is -0.140. The lowest BCUT2D eigenvalue weighted by Gasteiger charge is -2.10. The third-order valence-electron chi connectivity index (χ3n) is 3.48. The Labute approximate surface area is 164 Å². The summed E-state index contributed by atoms with van der Waals surface area (Å²) in [5.74, 6) is 0.0787. The normalized spacial score (nSPS) is 12.0. The molecule has 28 heavy (non-hydrogen) atoms. The number of alkyl halides is 3. The lowest BCUT2D eigenvalue weighted by atomic mass is 10.1. The third-order valence-corrected chi connectivity index (χ3v) is 4.33. The molecule has 1 heterocycles. The van der Waals surface area contributed by atoms with Gasteiger partial charge in [-0.15, -0.1) is 11.3 Å². The van der Waals surface area contributed by atoms with Crippen molar-refractivity contribution in [3.8, 4) is 0 Å². The van der Waals surface area contributed by atoms with E-state index in [1.807, 2.05) is 6.92 Å². The molecule has 0 bridgehead atoms. The van der Waals surface area contributed by atoms with Gasteiger partial charge in [-0.2, -0.15) is 13.2 Å². The first kappa shape index (κ1) is 21.7. The average molecular weight is 414 g/mol. The van der Waals surface area contributed by atoms with E-state index in [-0.39, 0.29) is 12.5 Å². The fourth-order valence-electron chi connectivity index (χ4n) is 2.15. The SMILES string of the molecule is CCNC(=NCc1ccc(C(=O)OCC)cc1)NCc1nc(C(F)(F)F)cs1. The highest BCUT2D eigenvalue weighted by Gasteiger charge is 2.33. The molecule has 1 aromatic heterocycles. The van der Waals surface area contributed by atoms with Crippen molar-refractivity contribution in [1.82, 2.24) is 15.6 Å². The fraction of sp³-hybridized carbons (Fsp3) is 0.389. The van der Waals surface area contributed by atoms with E-state index in [9.17, 15) is 18.0 Å². The predicted molar refractivity (Wildman–Crippen MR) is 101 cm³/mol. The molecule has 0 saturated carbocycles. The molecule has 0 saturated heterocycles. The van der Waals surface area contributed by atoms with Crippen LogP contribution < -0.4 is 10.6 Å². The summed E-state index contributed by atoms with van der Waals surface area (Å²) in [5, 5.41) is 7.30. The Balaban J connectivity index is 1.96.